The Kier molecular flexibility index (Phi) is 13.4. The molecule has 0 bridgehead atoms. The van der Waals surface area contributed by atoms with Gasteiger partial charge >= 0.3 is 6.03 Å². The SMILES string of the molecule is C/C=C(Cl)\C(C(=O)N[C@H](C)Cc1ccc(N(C=O)C(=O)N(C)C2=C(C)C=CCC(CNCCC)=C2)cc1)=C(/C)Cl. The lowest BCUT2D eigenvalue weighted by molar-refractivity contribution is -0.117. The van der Waals surface area contributed by atoms with E-state index in [1.54, 1.807) is 39.1 Å². The standard InChI is InChI=1S/C31H40Cl2N4O3/c1-7-16-34-19-25-11-9-10-21(3)28(18-25)36(6)31(40)37(20-38)26-14-12-24(13-15-26)17-22(4)35-30(39)29(23(5)32)27(33)8-2/h8-10,12-15,18,20,22,34H,7,11,16-17,19H2,1-6H3,(H,35,39)/b27-8+,29-23-/t22-/m1/s1. The number of urea groups is 1. The Morgan fingerprint density at radius 2 is 1.85 bits per heavy atom. The zero-order chi connectivity index (χ0) is 29.8. The number of halogens is 2. The lowest BCUT2D eigenvalue weighted by atomic mass is 10.1. The highest BCUT2D eigenvalue weighted by Gasteiger charge is 2.23. The Bertz CT molecular complexity index is 1230. The third-order valence-electron chi connectivity index (χ3n) is 6.43. The molecule has 0 saturated heterocycles. The number of rotatable bonds is 12. The Morgan fingerprint density at radius 3 is 2.42 bits per heavy atom. The van der Waals surface area contributed by atoms with Crippen LogP contribution in [0.2, 0.25) is 0 Å². The maximum absolute atomic E-state index is 13.4. The van der Waals surface area contributed by atoms with E-state index in [0.717, 1.165) is 53.2 Å². The summed E-state index contributed by atoms with van der Waals surface area (Å²) in [6.07, 6.45) is 10.6. The lowest BCUT2D eigenvalue weighted by Gasteiger charge is -2.26. The van der Waals surface area contributed by atoms with Crippen LogP contribution in [0.1, 0.15) is 53.0 Å². The molecule has 4 amide bonds. The molecular weight excluding hydrogens is 547 g/mol. The van der Waals surface area contributed by atoms with Gasteiger partial charge in [-0.05, 0) is 82.8 Å². The molecule has 7 nitrogen and oxygen atoms in total. The molecule has 1 aromatic carbocycles. The van der Waals surface area contributed by atoms with Gasteiger partial charge < -0.3 is 10.6 Å². The van der Waals surface area contributed by atoms with E-state index in [-0.39, 0.29) is 22.6 Å². The predicted octanol–water partition coefficient (Wildman–Crippen LogP) is 6.56. The van der Waals surface area contributed by atoms with Crippen molar-refractivity contribution < 1.29 is 14.4 Å². The highest BCUT2D eigenvalue weighted by molar-refractivity contribution is 6.39. The Morgan fingerprint density at radius 1 is 1.18 bits per heavy atom. The van der Waals surface area contributed by atoms with Crippen molar-refractivity contribution in [3.8, 4) is 0 Å². The van der Waals surface area contributed by atoms with Crippen molar-refractivity contribution in [3.05, 3.63) is 86.6 Å². The van der Waals surface area contributed by atoms with Crippen LogP contribution in [0.25, 0.3) is 0 Å². The summed E-state index contributed by atoms with van der Waals surface area (Å²) in [6.45, 7) is 11.0. The van der Waals surface area contributed by atoms with Gasteiger partial charge in [-0.15, -0.1) is 0 Å². The first-order valence-electron chi connectivity index (χ1n) is 13.4. The first kappa shape index (κ1) is 33.1. The third-order valence-corrected chi connectivity index (χ3v) is 7.03. The van der Waals surface area contributed by atoms with E-state index >= 15 is 0 Å². The molecule has 0 spiro atoms. The lowest BCUT2D eigenvalue weighted by Crippen LogP contribution is -2.40. The minimum Gasteiger partial charge on any atom is -0.349 e. The molecule has 216 valence electrons. The average Bonchev–Trinajstić information content (AvgIpc) is 3.10. The summed E-state index contributed by atoms with van der Waals surface area (Å²) in [4.78, 5) is 40.8. The fourth-order valence-electron chi connectivity index (χ4n) is 4.30. The Balaban J connectivity index is 2.14. The molecule has 9 heteroatoms. The topological polar surface area (TPSA) is 81.8 Å². The molecule has 0 radical (unpaired) electrons. The zero-order valence-corrected chi connectivity index (χ0v) is 25.7. The average molecular weight is 588 g/mol. The summed E-state index contributed by atoms with van der Waals surface area (Å²) in [5.74, 6) is -0.350. The number of likely N-dealkylation sites (N-methyl/N-ethyl adjacent to an activating group) is 1. The van der Waals surface area contributed by atoms with E-state index in [4.69, 9.17) is 23.2 Å². The van der Waals surface area contributed by atoms with Gasteiger partial charge in [0.1, 0.15) is 0 Å². The third kappa shape index (κ3) is 9.22. The highest BCUT2D eigenvalue weighted by atomic mass is 35.5. The van der Waals surface area contributed by atoms with Crippen molar-refractivity contribution >= 4 is 47.2 Å². The van der Waals surface area contributed by atoms with Crippen molar-refractivity contribution in [2.24, 2.45) is 0 Å². The molecule has 0 unspecified atom stereocenters. The Labute approximate surface area is 248 Å². The van der Waals surface area contributed by atoms with Gasteiger partial charge in [-0.25, -0.2) is 9.69 Å². The number of imide groups is 1. The number of nitrogens with zero attached hydrogens (tertiary/aromatic N) is 2. The number of benzene rings is 1. The van der Waals surface area contributed by atoms with E-state index in [1.165, 1.54) is 4.90 Å². The van der Waals surface area contributed by atoms with Gasteiger partial charge in [0.2, 0.25) is 6.41 Å². The molecule has 0 fully saturated rings. The molecule has 1 atom stereocenters. The second-order valence-corrected chi connectivity index (χ2v) is 10.7. The van der Waals surface area contributed by atoms with Crippen LogP contribution in [0.15, 0.2) is 81.1 Å². The molecule has 0 aromatic heterocycles. The molecule has 0 heterocycles. The predicted molar refractivity (Wildman–Crippen MR) is 165 cm³/mol. The minimum absolute atomic E-state index is 0.216. The first-order valence-corrected chi connectivity index (χ1v) is 14.2. The first-order chi connectivity index (χ1) is 19.0. The summed E-state index contributed by atoms with van der Waals surface area (Å²) in [5.41, 5.74) is 4.47. The number of hydrogen-bond acceptors (Lipinski definition) is 4. The van der Waals surface area contributed by atoms with E-state index in [9.17, 15) is 14.4 Å². The molecule has 1 aliphatic carbocycles. The molecular formula is C31H40Cl2N4O3. The summed E-state index contributed by atoms with van der Waals surface area (Å²) >= 11 is 12.2. The molecule has 0 aliphatic heterocycles. The maximum atomic E-state index is 13.4. The minimum atomic E-state index is -0.457. The van der Waals surface area contributed by atoms with Crippen LogP contribution in [0.3, 0.4) is 0 Å². The van der Waals surface area contributed by atoms with Crippen LogP contribution >= 0.6 is 23.2 Å². The number of allylic oxidation sites excluding steroid dienone is 6. The largest absolute Gasteiger partial charge is 0.349 e. The molecule has 1 aromatic rings. The van der Waals surface area contributed by atoms with Crippen molar-refractivity contribution in [2.75, 3.05) is 25.0 Å². The van der Waals surface area contributed by atoms with Gasteiger partial charge in [0.15, 0.2) is 0 Å². The van der Waals surface area contributed by atoms with Crippen LogP contribution < -0.4 is 15.5 Å². The summed E-state index contributed by atoms with van der Waals surface area (Å²) in [6, 6.07) is 6.44. The van der Waals surface area contributed by atoms with Crippen LogP contribution in [-0.4, -0.2) is 49.4 Å². The zero-order valence-electron chi connectivity index (χ0n) is 24.2. The fourth-order valence-corrected chi connectivity index (χ4v) is 4.76. The number of hydrogen-bond donors (Lipinski definition) is 2. The van der Waals surface area contributed by atoms with E-state index in [0.29, 0.717) is 23.6 Å². The normalized spacial score (nSPS) is 15.1. The van der Waals surface area contributed by atoms with Crippen LogP contribution in [0.4, 0.5) is 10.5 Å². The van der Waals surface area contributed by atoms with Crippen LogP contribution in [0.5, 0.6) is 0 Å². The van der Waals surface area contributed by atoms with Crippen molar-refractivity contribution in [3.63, 3.8) is 0 Å². The van der Waals surface area contributed by atoms with Crippen molar-refractivity contribution in [1.29, 1.82) is 0 Å². The molecule has 2 N–H and O–H groups in total. The second-order valence-electron chi connectivity index (χ2n) is 9.76. The number of carbonyl (C=O) groups excluding carboxylic acids is 3. The van der Waals surface area contributed by atoms with Crippen LogP contribution in [0, 0.1) is 0 Å². The van der Waals surface area contributed by atoms with Gasteiger partial charge in [0.25, 0.3) is 5.91 Å². The monoisotopic (exact) mass is 586 g/mol. The number of amides is 4. The van der Waals surface area contributed by atoms with E-state index in [2.05, 4.69) is 23.6 Å². The van der Waals surface area contributed by atoms with Gasteiger partial charge in [0, 0.05) is 30.4 Å². The van der Waals surface area contributed by atoms with E-state index < -0.39 is 6.03 Å². The summed E-state index contributed by atoms with van der Waals surface area (Å²) in [7, 11) is 1.67. The van der Waals surface area contributed by atoms with Crippen molar-refractivity contribution in [1.82, 2.24) is 15.5 Å². The van der Waals surface area contributed by atoms with E-state index in [1.807, 2.05) is 38.1 Å². The smallest absolute Gasteiger partial charge is 0.335 e. The van der Waals surface area contributed by atoms with Crippen molar-refractivity contribution in [2.45, 2.75) is 59.9 Å². The van der Waals surface area contributed by atoms with Gasteiger partial charge in [-0.1, -0.05) is 66.1 Å². The van der Waals surface area contributed by atoms with Gasteiger partial charge in [0.05, 0.1) is 16.3 Å². The summed E-state index contributed by atoms with van der Waals surface area (Å²) in [5, 5.41) is 6.92. The van der Waals surface area contributed by atoms with Crippen LogP contribution in [-0.2, 0) is 16.0 Å². The molecule has 1 aliphatic rings. The summed E-state index contributed by atoms with van der Waals surface area (Å²) < 4.78 is 0. The van der Waals surface area contributed by atoms with Gasteiger partial charge in [-0.3, -0.25) is 14.5 Å². The molecule has 0 saturated carbocycles. The second kappa shape index (κ2) is 16.2. The number of anilines is 1. The maximum Gasteiger partial charge on any atom is 0.335 e. The fraction of sp³-hybridized carbons (Fsp3) is 0.387. The Hall–Kier alpha value is -3.13. The molecule has 2 rings (SSSR count). The molecule has 40 heavy (non-hydrogen) atoms. The van der Waals surface area contributed by atoms with Gasteiger partial charge in [-0.2, -0.15) is 0 Å². The highest BCUT2D eigenvalue weighted by Crippen LogP contribution is 2.24. The quantitative estimate of drug-likeness (QED) is 0.126. The number of nitrogens with one attached hydrogen (secondary N) is 2. The number of carbonyl (C=O) groups is 3.